The van der Waals surface area contributed by atoms with Gasteiger partial charge in [-0.05, 0) is 25.5 Å². The van der Waals surface area contributed by atoms with Crippen molar-refractivity contribution in [2.24, 2.45) is 0 Å². The molecule has 3 rings (SSSR count). The van der Waals surface area contributed by atoms with Gasteiger partial charge in [-0.15, -0.1) is 0 Å². The molecule has 1 atom stereocenters. The molecule has 2 aliphatic rings. The molecule has 0 radical (unpaired) electrons. The van der Waals surface area contributed by atoms with Crippen molar-refractivity contribution < 1.29 is 9.72 Å². The standard InChI is InChI=1S/C15H20N4O3/c20-15(16-13-5-1-2-6-14(13)19(21)22)11-17-8-9-18-7-3-4-12(18)10-17/h1-2,5-6,12H,3-4,7-11H2,(H,16,20). The molecule has 0 saturated carbocycles. The van der Waals surface area contributed by atoms with Gasteiger partial charge in [-0.25, -0.2) is 0 Å². The Balaban J connectivity index is 1.58. The lowest BCUT2D eigenvalue weighted by Gasteiger charge is -2.37. The minimum absolute atomic E-state index is 0.0727. The molecule has 0 bridgehead atoms. The largest absolute Gasteiger partial charge is 0.319 e. The summed E-state index contributed by atoms with van der Waals surface area (Å²) in [5, 5.41) is 13.6. The van der Waals surface area contributed by atoms with Gasteiger partial charge in [-0.1, -0.05) is 12.1 Å². The zero-order valence-corrected chi connectivity index (χ0v) is 12.4. The van der Waals surface area contributed by atoms with E-state index in [4.69, 9.17) is 0 Å². The number of carbonyl (C=O) groups excluding carboxylic acids is 1. The second-order valence-electron chi connectivity index (χ2n) is 5.89. The van der Waals surface area contributed by atoms with Crippen molar-refractivity contribution in [1.29, 1.82) is 0 Å². The van der Waals surface area contributed by atoms with Gasteiger partial charge in [0.25, 0.3) is 5.69 Å². The number of para-hydroxylation sites is 2. The first-order chi connectivity index (χ1) is 10.6. The molecule has 0 aliphatic carbocycles. The van der Waals surface area contributed by atoms with Crippen molar-refractivity contribution in [2.75, 3.05) is 38.0 Å². The lowest BCUT2D eigenvalue weighted by atomic mass is 10.1. The molecular formula is C15H20N4O3. The molecule has 2 aliphatic heterocycles. The maximum atomic E-state index is 12.2. The van der Waals surface area contributed by atoms with Crippen LogP contribution in [0.25, 0.3) is 0 Å². The van der Waals surface area contributed by atoms with Crippen LogP contribution in [0.1, 0.15) is 12.8 Å². The van der Waals surface area contributed by atoms with E-state index in [9.17, 15) is 14.9 Å². The number of rotatable bonds is 4. The highest BCUT2D eigenvalue weighted by molar-refractivity contribution is 5.94. The molecule has 2 fully saturated rings. The first kappa shape index (κ1) is 14.9. The van der Waals surface area contributed by atoms with Crippen LogP contribution < -0.4 is 5.32 Å². The van der Waals surface area contributed by atoms with Gasteiger partial charge in [0.1, 0.15) is 5.69 Å². The number of anilines is 1. The van der Waals surface area contributed by atoms with E-state index in [1.54, 1.807) is 18.2 Å². The van der Waals surface area contributed by atoms with E-state index in [0.29, 0.717) is 6.04 Å². The Morgan fingerprint density at radius 2 is 2.14 bits per heavy atom. The van der Waals surface area contributed by atoms with Gasteiger partial charge in [0.05, 0.1) is 11.5 Å². The Hall–Kier alpha value is -1.99. The number of nitrogens with one attached hydrogen (secondary N) is 1. The third kappa shape index (κ3) is 3.26. The third-order valence-corrected chi connectivity index (χ3v) is 4.41. The third-order valence-electron chi connectivity index (χ3n) is 4.41. The van der Waals surface area contributed by atoms with E-state index in [1.807, 2.05) is 0 Å². The van der Waals surface area contributed by atoms with Gasteiger partial charge in [0.2, 0.25) is 5.91 Å². The van der Waals surface area contributed by atoms with Crippen molar-refractivity contribution in [1.82, 2.24) is 9.80 Å². The van der Waals surface area contributed by atoms with Crippen LogP contribution in [-0.4, -0.2) is 59.4 Å². The topological polar surface area (TPSA) is 78.7 Å². The molecule has 0 spiro atoms. The maximum Gasteiger partial charge on any atom is 0.292 e. The number of amides is 1. The Kier molecular flexibility index (Phi) is 4.35. The van der Waals surface area contributed by atoms with Crippen LogP contribution in [0, 0.1) is 10.1 Å². The number of piperazine rings is 1. The first-order valence-corrected chi connectivity index (χ1v) is 7.63. The molecule has 1 unspecified atom stereocenters. The van der Waals surface area contributed by atoms with Gasteiger partial charge in [-0.2, -0.15) is 0 Å². The molecule has 2 saturated heterocycles. The minimum atomic E-state index is -0.479. The molecular weight excluding hydrogens is 284 g/mol. The van der Waals surface area contributed by atoms with E-state index in [2.05, 4.69) is 15.1 Å². The summed E-state index contributed by atoms with van der Waals surface area (Å²) in [5.74, 6) is -0.194. The Morgan fingerprint density at radius 3 is 2.95 bits per heavy atom. The van der Waals surface area contributed by atoms with E-state index < -0.39 is 4.92 Å². The number of benzene rings is 1. The molecule has 7 nitrogen and oxygen atoms in total. The maximum absolute atomic E-state index is 12.2. The van der Waals surface area contributed by atoms with Gasteiger partial charge in [0, 0.05) is 31.7 Å². The molecule has 1 aromatic carbocycles. The molecule has 0 aromatic heterocycles. The number of carbonyl (C=O) groups is 1. The van der Waals surface area contributed by atoms with Crippen LogP contribution in [0.4, 0.5) is 11.4 Å². The highest BCUT2D eigenvalue weighted by Gasteiger charge is 2.31. The molecule has 1 aromatic rings. The highest BCUT2D eigenvalue weighted by atomic mass is 16.6. The van der Waals surface area contributed by atoms with E-state index in [1.165, 1.54) is 25.5 Å². The van der Waals surface area contributed by atoms with Crippen molar-refractivity contribution in [3.8, 4) is 0 Å². The lowest BCUT2D eigenvalue weighted by molar-refractivity contribution is -0.383. The van der Waals surface area contributed by atoms with Gasteiger partial charge in [0.15, 0.2) is 0 Å². The van der Waals surface area contributed by atoms with E-state index >= 15 is 0 Å². The van der Waals surface area contributed by atoms with Crippen LogP contribution in [0.15, 0.2) is 24.3 Å². The van der Waals surface area contributed by atoms with Crippen molar-refractivity contribution in [3.63, 3.8) is 0 Å². The summed E-state index contributed by atoms with van der Waals surface area (Å²) < 4.78 is 0. The zero-order valence-electron chi connectivity index (χ0n) is 12.4. The zero-order chi connectivity index (χ0) is 15.5. The van der Waals surface area contributed by atoms with Crippen LogP contribution in [0.5, 0.6) is 0 Å². The summed E-state index contributed by atoms with van der Waals surface area (Å²) in [5.41, 5.74) is 0.188. The number of nitro benzene ring substituents is 1. The van der Waals surface area contributed by atoms with Crippen molar-refractivity contribution >= 4 is 17.3 Å². The molecule has 1 amide bonds. The van der Waals surface area contributed by atoms with Gasteiger partial charge in [-0.3, -0.25) is 24.7 Å². The minimum Gasteiger partial charge on any atom is -0.319 e. The fourth-order valence-corrected chi connectivity index (χ4v) is 3.33. The second-order valence-corrected chi connectivity index (χ2v) is 5.89. The highest BCUT2D eigenvalue weighted by Crippen LogP contribution is 2.24. The number of hydrogen-bond acceptors (Lipinski definition) is 5. The monoisotopic (exact) mass is 304 g/mol. The fourth-order valence-electron chi connectivity index (χ4n) is 3.33. The van der Waals surface area contributed by atoms with Crippen LogP contribution >= 0.6 is 0 Å². The predicted octanol–water partition coefficient (Wildman–Crippen LogP) is 1.31. The second kappa shape index (κ2) is 6.41. The average Bonchev–Trinajstić information content (AvgIpc) is 2.95. The summed E-state index contributed by atoms with van der Waals surface area (Å²) in [6.07, 6.45) is 2.43. The summed E-state index contributed by atoms with van der Waals surface area (Å²) in [6.45, 7) is 4.24. The number of nitro groups is 1. The fraction of sp³-hybridized carbons (Fsp3) is 0.533. The number of fused-ring (bicyclic) bond motifs is 1. The van der Waals surface area contributed by atoms with Gasteiger partial charge >= 0.3 is 0 Å². The molecule has 1 N–H and O–H groups in total. The normalized spacial score (nSPS) is 22.3. The average molecular weight is 304 g/mol. The summed E-state index contributed by atoms with van der Waals surface area (Å²) in [4.78, 5) is 27.3. The molecule has 118 valence electrons. The van der Waals surface area contributed by atoms with Gasteiger partial charge < -0.3 is 5.32 Å². The Labute approximate surface area is 129 Å². The summed E-state index contributed by atoms with van der Waals surface area (Å²) in [7, 11) is 0. The quantitative estimate of drug-likeness (QED) is 0.670. The smallest absolute Gasteiger partial charge is 0.292 e. The molecule has 2 heterocycles. The Bertz CT molecular complexity index is 578. The van der Waals surface area contributed by atoms with Crippen LogP contribution in [0.2, 0.25) is 0 Å². The first-order valence-electron chi connectivity index (χ1n) is 7.63. The lowest BCUT2D eigenvalue weighted by Crippen LogP contribution is -2.51. The van der Waals surface area contributed by atoms with Crippen molar-refractivity contribution in [3.05, 3.63) is 34.4 Å². The molecule has 7 heteroatoms. The summed E-state index contributed by atoms with van der Waals surface area (Å²) >= 11 is 0. The van der Waals surface area contributed by atoms with E-state index in [-0.39, 0.29) is 23.8 Å². The molecule has 22 heavy (non-hydrogen) atoms. The van der Waals surface area contributed by atoms with Crippen molar-refractivity contribution in [2.45, 2.75) is 18.9 Å². The predicted molar refractivity (Wildman–Crippen MR) is 82.8 cm³/mol. The van der Waals surface area contributed by atoms with Crippen LogP contribution in [-0.2, 0) is 4.79 Å². The number of nitrogens with zero attached hydrogens (tertiary/aromatic N) is 3. The van der Waals surface area contributed by atoms with E-state index in [0.717, 1.165) is 19.6 Å². The summed E-state index contributed by atoms with van der Waals surface area (Å²) in [6, 6.07) is 6.79. The number of hydrogen-bond donors (Lipinski definition) is 1. The van der Waals surface area contributed by atoms with Crippen LogP contribution in [0.3, 0.4) is 0 Å². The SMILES string of the molecule is O=C(CN1CCN2CCCC2C1)Nc1ccccc1[N+](=O)[O-]. The Morgan fingerprint density at radius 1 is 1.32 bits per heavy atom.